The molecule has 12 rings (SSSR count). The molecule has 0 radical (unpaired) electrons. The van der Waals surface area contributed by atoms with Crippen molar-refractivity contribution >= 4 is 17.1 Å². The quantitative estimate of drug-likeness (QED) is 0.103. The summed E-state index contributed by atoms with van der Waals surface area (Å²) in [5.74, 6) is 0. The fourth-order valence-corrected chi connectivity index (χ4v) is 9.91. The van der Waals surface area contributed by atoms with Crippen LogP contribution < -0.4 is 4.90 Å². The van der Waals surface area contributed by atoms with Crippen LogP contribution in [0.1, 0.15) is 68.4 Å². The molecular weight excluding hydrogens is 819 g/mol. The highest BCUT2D eigenvalue weighted by molar-refractivity contribution is 5.81. The average molecular weight is 870 g/mol. The normalized spacial score (nSPS) is 16.4. The SMILES string of the molecule is c1ccc2c(c1)CC2OCc1ccc(-c2ccc(N(c3ccc(-c4ccc(COC5Cc6ccccc65)cc4)cc3)c3ccc(-c4ccc(COC5Cc6ccccc65)cc4)cc3)cc2)cc1. The van der Waals surface area contributed by atoms with Crippen LogP contribution in [-0.2, 0) is 53.3 Å². The van der Waals surface area contributed by atoms with Gasteiger partial charge in [0.25, 0.3) is 0 Å². The van der Waals surface area contributed by atoms with E-state index in [1.54, 1.807) is 0 Å². The number of benzene rings is 9. The maximum absolute atomic E-state index is 6.28. The highest BCUT2D eigenvalue weighted by Gasteiger charge is 2.28. The summed E-state index contributed by atoms with van der Waals surface area (Å²) in [4.78, 5) is 2.34. The molecule has 0 bridgehead atoms. The van der Waals surface area contributed by atoms with Gasteiger partial charge in [0.05, 0.1) is 38.1 Å². The molecule has 3 aliphatic carbocycles. The number of ether oxygens (including phenoxy) is 3. The molecule has 0 heterocycles. The Kier molecular flexibility index (Phi) is 11.1. The predicted octanol–water partition coefficient (Wildman–Crippen LogP) is 15.6. The van der Waals surface area contributed by atoms with Crippen LogP contribution in [0.25, 0.3) is 33.4 Å². The highest BCUT2D eigenvalue weighted by Crippen LogP contribution is 2.41. The summed E-state index contributed by atoms with van der Waals surface area (Å²) in [6, 6.07) is 78.9. The lowest BCUT2D eigenvalue weighted by molar-refractivity contribution is 0.0243. The number of hydrogen-bond donors (Lipinski definition) is 0. The minimum absolute atomic E-state index is 0.195. The lowest BCUT2D eigenvalue weighted by atomic mass is 9.85. The molecule has 3 atom stereocenters. The molecule has 9 aromatic rings. The number of anilines is 3. The number of nitrogens with zero attached hydrogens (tertiary/aromatic N) is 1. The lowest BCUT2D eigenvalue weighted by Crippen LogP contribution is -2.19. The Bertz CT molecular complexity index is 2800. The molecule has 4 nitrogen and oxygen atoms in total. The zero-order chi connectivity index (χ0) is 44.5. The van der Waals surface area contributed by atoms with Crippen molar-refractivity contribution in [1.29, 1.82) is 0 Å². The van der Waals surface area contributed by atoms with Crippen molar-refractivity contribution in [1.82, 2.24) is 0 Å². The molecule has 0 amide bonds. The first-order chi connectivity index (χ1) is 33.1. The molecule has 0 N–H and O–H groups in total. The number of fused-ring (bicyclic) bond motifs is 3. The molecule has 0 fully saturated rings. The highest BCUT2D eigenvalue weighted by atomic mass is 16.5. The van der Waals surface area contributed by atoms with E-state index in [2.05, 4.69) is 223 Å². The van der Waals surface area contributed by atoms with Crippen LogP contribution in [0.4, 0.5) is 17.1 Å². The van der Waals surface area contributed by atoms with Crippen LogP contribution >= 0.6 is 0 Å². The molecule has 67 heavy (non-hydrogen) atoms. The van der Waals surface area contributed by atoms with E-state index in [0.29, 0.717) is 19.8 Å². The van der Waals surface area contributed by atoms with E-state index >= 15 is 0 Å². The first-order valence-electron chi connectivity index (χ1n) is 23.6. The van der Waals surface area contributed by atoms with Crippen molar-refractivity contribution in [2.45, 2.75) is 57.4 Å². The monoisotopic (exact) mass is 869 g/mol. The zero-order valence-corrected chi connectivity index (χ0v) is 37.4. The maximum atomic E-state index is 6.28. The maximum Gasteiger partial charge on any atom is 0.0872 e. The second-order valence-corrected chi connectivity index (χ2v) is 18.2. The van der Waals surface area contributed by atoms with Gasteiger partial charge in [0.15, 0.2) is 0 Å². The van der Waals surface area contributed by atoms with Crippen molar-refractivity contribution in [3.8, 4) is 33.4 Å². The summed E-state index contributed by atoms with van der Waals surface area (Å²) in [5.41, 5.74) is 22.1. The minimum atomic E-state index is 0.195. The smallest absolute Gasteiger partial charge is 0.0872 e. The van der Waals surface area contributed by atoms with E-state index in [0.717, 1.165) is 36.3 Å². The van der Waals surface area contributed by atoms with Gasteiger partial charge in [0, 0.05) is 36.3 Å². The average Bonchev–Trinajstić information content (AvgIpc) is 3.36. The molecule has 0 saturated carbocycles. The fourth-order valence-electron chi connectivity index (χ4n) is 9.91. The minimum Gasteiger partial charge on any atom is -0.368 e. The van der Waals surface area contributed by atoms with Crippen LogP contribution in [0.3, 0.4) is 0 Å². The van der Waals surface area contributed by atoms with Gasteiger partial charge in [-0.25, -0.2) is 0 Å². The first kappa shape index (κ1) is 41.1. The summed E-state index contributed by atoms with van der Waals surface area (Å²) < 4.78 is 18.8. The topological polar surface area (TPSA) is 30.9 Å². The third-order valence-corrected chi connectivity index (χ3v) is 14.0. The van der Waals surface area contributed by atoms with Crippen LogP contribution in [0, 0.1) is 0 Å². The van der Waals surface area contributed by atoms with Gasteiger partial charge in [-0.15, -0.1) is 0 Å². The van der Waals surface area contributed by atoms with Gasteiger partial charge in [-0.3, -0.25) is 0 Å². The van der Waals surface area contributed by atoms with E-state index < -0.39 is 0 Å². The number of rotatable bonds is 15. The van der Waals surface area contributed by atoms with Crippen molar-refractivity contribution in [2.24, 2.45) is 0 Å². The van der Waals surface area contributed by atoms with Crippen LogP contribution in [0.15, 0.2) is 218 Å². The van der Waals surface area contributed by atoms with Gasteiger partial charge >= 0.3 is 0 Å². The zero-order valence-electron chi connectivity index (χ0n) is 37.4. The van der Waals surface area contributed by atoms with Gasteiger partial charge in [0.1, 0.15) is 0 Å². The Morgan fingerprint density at radius 1 is 0.284 bits per heavy atom. The summed E-state index contributed by atoms with van der Waals surface area (Å²) in [5, 5.41) is 0. The van der Waals surface area contributed by atoms with Gasteiger partial charge in [-0.1, -0.05) is 182 Å². The van der Waals surface area contributed by atoms with Crippen molar-refractivity contribution < 1.29 is 14.2 Å². The molecule has 3 unspecified atom stereocenters. The van der Waals surface area contributed by atoms with Crippen molar-refractivity contribution in [3.05, 3.63) is 268 Å². The summed E-state index contributed by atoms with van der Waals surface area (Å²) in [7, 11) is 0. The van der Waals surface area contributed by atoms with E-state index in [-0.39, 0.29) is 18.3 Å². The van der Waals surface area contributed by atoms with Crippen LogP contribution in [0.5, 0.6) is 0 Å². The van der Waals surface area contributed by atoms with Crippen molar-refractivity contribution in [2.75, 3.05) is 4.90 Å². The molecule has 0 spiro atoms. The van der Waals surface area contributed by atoms with Gasteiger partial charge in [-0.2, -0.15) is 0 Å². The third kappa shape index (κ3) is 8.52. The standard InChI is InChI=1S/C63H51NO3/c1-4-10-58-52(7-1)37-61(58)65-40-43-13-19-46(20-14-43)49-25-31-55(32-26-49)64(56-33-27-50(28-34-56)47-21-15-44(16-22-47)41-66-62-38-53-8-2-5-11-59(53)62)57-35-29-51(30-36-57)48-23-17-45(18-24-48)42-67-63-39-54-9-3-6-12-60(54)63/h1-36,61-63H,37-42H2. The molecular formula is C63H51NO3. The number of hydrogen-bond acceptors (Lipinski definition) is 4. The largest absolute Gasteiger partial charge is 0.368 e. The molecule has 9 aromatic carbocycles. The Morgan fingerprint density at radius 2 is 0.522 bits per heavy atom. The summed E-state index contributed by atoms with van der Waals surface area (Å²) >= 11 is 0. The molecule has 0 aliphatic heterocycles. The van der Waals surface area contributed by atoms with E-state index in [4.69, 9.17) is 14.2 Å². The van der Waals surface area contributed by atoms with Crippen LogP contribution in [0.2, 0.25) is 0 Å². The van der Waals surface area contributed by atoms with E-state index in [1.807, 2.05) is 0 Å². The van der Waals surface area contributed by atoms with Crippen LogP contribution in [-0.4, -0.2) is 0 Å². The molecule has 0 aromatic heterocycles. The Morgan fingerprint density at radius 3 is 0.776 bits per heavy atom. The second kappa shape index (κ2) is 18.1. The molecule has 4 heteroatoms. The molecule has 0 saturated heterocycles. The Hall–Kier alpha value is -7.34. The Labute approximate surface area is 393 Å². The van der Waals surface area contributed by atoms with Gasteiger partial charge < -0.3 is 19.1 Å². The summed E-state index contributed by atoms with van der Waals surface area (Å²) in [6.07, 6.45) is 3.57. The van der Waals surface area contributed by atoms with Gasteiger partial charge in [0.2, 0.25) is 0 Å². The Balaban J connectivity index is 0.754. The van der Waals surface area contributed by atoms with E-state index in [1.165, 1.54) is 83.5 Å². The second-order valence-electron chi connectivity index (χ2n) is 18.2. The molecule has 326 valence electrons. The fraction of sp³-hybridized carbons (Fsp3) is 0.143. The third-order valence-electron chi connectivity index (χ3n) is 14.0. The summed E-state index contributed by atoms with van der Waals surface area (Å²) in [6.45, 7) is 1.83. The van der Waals surface area contributed by atoms with Gasteiger partial charge in [-0.05, 0) is 120 Å². The first-order valence-corrected chi connectivity index (χ1v) is 23.6. The predicted molar refractivity (Wildman–Crippen MR) is 270 cm³/mol. The van der Waals surface area contributed by atoms with Crippen molar-refractivity contribution in [3.63, 3.8) is 0 Å². The lowest BCUT2D eigenvalue weighted by Gasteiger charge is -2.30. The molecule has 3 aliphatic rings. The van der Waals surface area contributed by atoms with E-state index in [9.17, 15) is 0 Å².